The van der Waals surface area contributed by atoms with Crippen LogP contribution in [0.1, 0.15) is 5.56 Å². The molecule has 82 valence electrons. The fourth-order valence-corrected chi connectivity index (χ4v) is 1.77. The summed E-state index contributed by atoms with van der Waals surface area (Å²) in [4.78, 5) is 10.2. The Hall–Kier alpha value is -1.23. The highest BCUT2D eigenvalue weighted by Gasteiger charge is 2.01. The molecule has 0 aliphatic heterocycles. The van der Waals surface area contributed by atoms with E-state index in [1.165, 1.54) is 0 Å². The Morgan fingerprint density at radius 2 is 2.33 bits per heavy atom. The van der Waals surface area contributed by atoms with Crippen molar-refractivity contribution in [2.75, 3.05) is 13.7 Å². The minimum Gasteiger partial charge on any atom is -0.496 e. The number of ether oxygens (including phenoxy) is 1. The highest BCUT2D eigenvalue weighted by atomic mass is 79.9. The molecule has 0 aliphatic carbocycles. The van der Waals surface area contributed by atoms with Crippen LogP contribution in [0.2, 0.25) is 0 Å². The third-order valence-electron chi connectivity index (χ3n) is 1.91. The van der Waals surface area contributed by atoms with Crippen LogP contribution in [0, 0.1) is 0 Å². The van der Waals surface area contributed by atoms with E-state index in [9.17, 15) is 4.79 Å². The maximum Gasteiger partial charge on any atom is 0.404 e. The molecule has 0 unspecified atom stereocenters. The molecule has 0 spiro atoms. The first kappa shape index (κ1) is 11.8. The first-order valence-corrected chi connectivity index (χ1v) is 5.22. The molecule has 0 heterocycles. The van der Waals surface area contributed by atoms with Crippen molar-refractivity contribution in [3.8, 4) is 5.75 Å². The summed E-state index contributed by atoms with van der Waals surface area (Å²) in [5, 5.41) is 10.7. The molecule has 2 N–H and O–H groups in total. The lowest BCUT2D eigenvalue weighted by Crippen LogP contribution is -2.23. The summed E-state index contributed by atoms with van der Waals surface area (Å²) < 4.78 is 5.96. The van der Waals surface area contributed by atoms with Gasteiger partial charge in [0.1, 0.15) is 5.75 Å². The van der Waals surface area contributed by atoms with E-state index in [4.69, 9.17) is 9.84 Å². The van der Waals surface area contributed by atoms with E-state index in [1.807, 2.05) is 18.2 Å². The fourth-order valence-electron chi connectivity index (χ4n) is 1.18. The molecule has 0 saturated heterocycles. The smallest absolute Gasteiger partial charge is 0.404 e. The summed E-state index contributed by atoms with van der Waals surface area (Å²) in [7, 11) is 1.60. The van der Waals surface area contributed by atoms with Gasteiger partial charge in [-0.2, -0.15) is 0 Å². The first-order valence-electron chi connectivity index (χ1n) is 4.42. The third kappa shape index (κ3) is 3.79. The van der Waals surface area contributed by atoms with Gasteiger partial charge in [-0.05, 0) is 40.0 Å². The Balaban J connectivity index is 2.55. The van der Waals surface area contributed by atoms with Crippen molar-refractivity contribution < 1.29 is 14.6 Å². The number of amides is 1. The molecule has 0 atom stereocenters. The van der Waals surface area contributed by atoms with Crippen LogP contribution in [0.4, 0.5) is 4.79 Å². The molecular formula is C10H12BrNO3. The number of benzene rings is 1. The van der Waals surface area contributed by atoms with Crippen molar-refractivity contribution in [3.05, 3.63) is 28.2 Å². The maximum atomic E-state index is 10.2. The largest absolute Gasteiger partial charge is 0.496 e. The van der Waals surface area contributed by atoms with Crippen molar-refractivity contribution in [2.45, 2.75) is 6.42 Å². The maximum absolute atomic E-state index is 10.2. The van der Waals surface area contributed by atoms with Crippen LogP contribution in [0.3, 0.4) is 0 Å². The first-order chi connectivity index (χ1) is 7.13. The van der Waals surface area contributed by atoms with Gasteiger partial charge in [0.15, 0.2) is 0 Å². The Morgan fingerprint density at radius 1 is 1.60 bits per heavy atom. The van der Waals surface area contributed by atoms with Crippen molar-refractivity contribution in [1.82, 2.24) is 5.32 Å². The van der Waals surface area contributed by atoms with Crippen LogP contribution in [0.15, 0.2) is 22.7 Å². The van der Waals surface area contributed by atoms with Gasteiger partial charge < -0.3 is 15.2 Å². The van der Waals surface area contributed by atoms with Crippen LogP contribution >= 0.6 is 15.9 Å². The summed E-state index contributed by atoms with van der Waals surface area (Å²) in [6, 6.07) is 5.68. The zero-order valence-electron chi connectivity index (χ0n) is 8.29. The molecule has 4 nitrogen and oxygen atoms in total. The number of carboxylic acid groups (broad SMARTS) is 1. The van der Waals surface area contributed by atoms with Crippen LogP contribution < -0.4 is 10.1 Å². The minimum absolute atomic E-state index is 0.411. The number of nitrogens with one attached hydrogen (secondary N) is 1. The Labute approximate surface area is 96.4 Å². The molecule has 0 aromatic heterocycles. The highest BCUT2D eigenvalue weighted by Crippen LogP contribution is 2.25. The summed E-state index contributed by atoms with van der Waals surface area (Å²) in [5.74, 6) is 0.768. The van der Waals surface area contributed by atoms with Crippen molar-refractivity contribution in [2.24, 2.45) is 0 Å². The monoisotopic (exact) mass is 273 g/mol. The third-order valence-corrected chi connectivity index (χ3v) is 2.53. The molecule has 1 amide bonds. The Morgan fingerprint density at radius 3 is 2.87 bits per heavy atom. The van der Waals surface area contributed by atoms with Gasteiger partial charge >= 0.3 is 6.09 Å². The van der Waals surface area contributed by atoms with Gasteiger partial charge in [0.05, 0.1) is 11.6 Å². The molecule has 0 bridgehead atoms. The molecule has 5 heteroatoms. The molecule has 0 aliphatic rings. The van der Waals surface area contributed by atoms with E-state index in [0.717, 1.165) is 15.8 Å². The van der Waals surface area contributed by atoms with Gasteiger partial charge in [-0.25, -0.2) is 4.79 Å². The summed E-state index contributed by atoms with van der Waals surface area (Å²) in [5.41, 5.74) is 1.05. The van der Waals surface area contributed by atoms with Gasteiger partial charge in [0, 0.05) is 6.54 Å². The average Bonchev–Trinajstić information content (AvgIpc) is 2.17. The molecular weight excluding hydrogens is 262 g/mol. The fraction of sp³-hybridized carbons (Fsp3) is 0.300. The molecule has 0 fully saturated rings. The van der Waals surface area contributed by atoms with Gasteiger partial charge in [-0.3, -0.25) is 0 Å². The van der Waals surface area contributed by atoms with Crippen LogP contribution in [0.25, 0.3) is 0 Å². The number of halogens is 1. The molecule has 15 heavy (non-hydrogen) atoms. The van der Waals surface area contributed by atoms with Crippen LogP contribution in [-0.4, -0.2) is 24.9 Å². The molecule has 1 aromatic carbocycles. The lowest BCUT2D eigenvalue weighted by Gasteiger charge is -2.06. The Bertz CT molecular complexity index is 355. The Kier molecular flexibility index (Phi) is 4.42. The van der Waals surface area contributed by atoms with Gasteiger partial charge in [0.25, 0.3) is 0 Å². The van der Waals surface area contributed by atoms with Crippen molar-refractivity contribution in [3.63, 3.8) is 0 Å². The predicted molar refractivity (Wildman–Crippen MR) is 60.4 cm³/mol. The SMILES string of the molecule is COc1ccc(CCNC(=O)O)cc1Br. The highest BCUT2D eigenvalue weighted by molar-refractivity contribution is 9.10. The zero-order chi connectivity index (χ0) is 11.3. The quantitative estimate of drug-likeness (QED) is 0.885. The number of hydrogen-bond acceptors (Lipinski definition) is 2. The van der Waals surface area contributed by atoms with E-state index in [-0.39, 0.29) is 0 Å². The second-order valence-corrected chi connectivity index (χ2v) is 3.81. The normalized spacial score (nSPS) is 9.73. The van der Waals surface area contributed by atoms with E-state index < -0.39 is 6.09 Å². The van der Waals surface area contributed by atoms with E-state index in [2.05, 4.69) is 21.2 Å². The van der Waals surface area contributed by atoms with Gasteiger partial charge in [-0.1, -0.05) is 6.07 Å². The van der Waals surface area contributed by atoms with Crippen molar-refractivity contribution in [1.29, 1.82) is 0 Å². The van der Waals surface area contributed by atoms with E-state index in [0.29, 0.717) is 13.0 Å². The van der Waals surface area contributed by atoms with Gasteiger partial charge in [-0.15, -0.1) is 0 Å². The molecule has 0 radical (unpaired) electrons. The lowest BCUT2D eigenvalue weighted by molar-refractivity contribution is 0.194. The zero-order valence-corrected chi connectivity index (χ0v) is 9.87. The van der Waals surface area contributed by atoms with E-state index in [1.54, 1.807) is 7.11 Å². The summed E-state index contributed by atoms with van der Waals surface area (Å²) >= 11 is 3.37. The van der Waals surface area contributed by atoms with Crippen molar-refractivity contribution >= 4 is 22.0 Å². The summed E-state index contributed by atoms with van der Waals surface area (Å²) in [6.45, 7) is 0.411. The van der Waals surface area contributed by atoms with Crippen LogP contribution in [0.5, 0.6) is 5.75 Å². The average molecular weight is 274 g/mol. The number of methoxy groups -OCH3 is 1. The topological polar surface area (TPSA) is 58.6 Å². The number of hydrogen-bond donors (Lipinski definition) is 2. The van der Waals surface area contributed by atoms with E-state index >= 15 is 0 Å². The number of carbonyl (C=O) groups is 1. The molecule has 0 saturated carbocycles. The van der Waals surface area contributed by atoms with Gasteiger partial charge in [0.2, 0.25) is 0 Å². The second-order valence-electron chi connectivity index (χ2n) is 2.95. The molecule has 1 aromatic rings. The molecule has 1 rings (SSSR count). The number of rotatable bonds is 4. The lowest BCUT2D eigenvalue weighted by atomic mass is 10.1. The minimum atomic E-state index is -0.998. The predicted octanol–water partition coefficient (Wildman–Crippen LogP) is 2.27. The second kappa shape index (κ2) is 5.60. The summed E-state index contributed by atoms with van der Waals surface area (Å²) in [6.07, 6.45) is -0.336. The standard InChI is InChI=1S/C10H12BrNO3/c1-15-9-3-2-7(6-8(9)11)4-5-12-10(13)14/h2-3,6,12H,4-5H2,1H3,(H,13,14). The van der Waals surface area contributed by atoms with Crippen LogP contribution in [-0.2, 0) is 6.42 Å².